The Morgan fingerprint density at radius 2 is 1.70 bits per heavy atom. The maximum Gasteiger partial charge on any atom is 0.185 e. The molecule has 120 valence electrons. The number of ketones is 1. The largest absolute Gasteiger partial charge is 0.496 e. The number of methoxy groups -OCH3 is 1. The third kappa shape index (κ3) is 4.32. The van der Waals surface area contributed by atoms with E-state index in [0.29, 0.717) is 5.56 Å². The van der Waals surface area contributed by atoms with Crippen LogP contribution >= 0.6 is 0 Å². The van der Waals surface area contributed by atoms with Gasteiger partial charge >= 0.3 is 0 Å². The van der Waals surface area contributed by atoms with Crippen LogP contribution in [0.2, 0.25) is 0 Å². The van der Waals surface area contributed by atoms with E-state index in [1.165, 1.54) is 5.56 Å². The Bertz CT molecular complexity index is 716. The lowest BCUT2D eigenvalue weighted by molar-refractivity contribution is 0.104. The van der Waals surface area contributed by atoms with Gasteiger partial charge in [-0.1, -0.05) is 57.2 Å². The predicted octanol–water partition coefficient (Wildman–Crippen LogP) is 5.20. The second kappa shape index (κ2) is 6.82. The summed E-state index contributed by atoms with van der Waals surface area (Å²) in [6.45, 7) is 8.48. The van der Waals surface area contributed by atoms with Crippen molar-refractivity contribution in [2.75, 3.05) is 7.11 Å². The quantitative estimate of drug-likeness (QED) is 0.573. The fourth-order valence-electron chi connectivity index (χ4n) is 2.41. The van der Waals surface area contributed by atoms with Gasteiger partial charge in [-0.25, -0.2) is 0 Å². The summed E-state index contributed by atoms with van der Waals surface area (Å²) in [5, 5.41) is 0. The van der Waals surface area contributed by atoms with Crippen molar-refractivity contribution in [2.45, 2.75) is 33.1 Å². The summed E-state index contributed by atoms with van der Waals surface area (Å²) in [6.07, 6.45) is 3.46. The normalized spacial score (nSPS) is 11.7. The Hall–Kier alpha value is -2.35. The summed E-state index contributed by atoms with van der Waals surface area (Å²) in [5.74, 6) is 0.866. The first-order valence-corrected chi connectivity index (χ1v) is 7.79. The minimum Gasteiger partial charge on any atom is -0.496 e. The van der Waals surface area contributed by atoms with Crippen LogP contribution in [0.5, 0.6) is 5.75 Å². The second-order valence-electron chi connectivity index (χ2n) is 6.75. The van der Waals surface area contributed by atoms with Gasteiger partial charge in [0.2, 0.25) is 0 Å². The number of aryl methyl sites for hydroxylation is 1. The van der Waals surface area contributed by atoms with Crippen molar-refractivity contribution >= 4 is 11.9 Å². The van der Waals surface area contributed by atoms with Crippen LogP contribution in [0.1, 0.15) is 47.8 Å². The molecule has 2 rings (SSSR count). The molecule has 0 saturated heterocycles. The van der Waals surface area contributed by atoms with Gasteiger partial charge in [0.25, 0.3) is 0 Å². The zero-order valence-electron chi connectivity index (χ0n) is 14.5. The average molecular weight is 308 g/mol. The maximum absolute atomic E-state index is 12.3. The van der Waals surface area contributed by atoms with Gasteiger partial charge in [-0.3, -0.25) is 4.79 Å². The van der Waals surface area contributed by atoms with Gasteiger partial charge in [-0.2, -0.15) is 0 Å². The van der Waals surface area contributed by atoms with Crippen molar-refractivity contribution in [3.63, 3.8) is 0 Å². The van der Waals surface area contributed by atoms with Crippen LogP contribution in [-0.4, -0.2) is 12.9 Å². The highest BCUT2D eigenvalue weighted by Gasteiger charge is 2.13. The molecule has 0 fully saturated rings. The third-order valence-corrected chi connectivity index (χ3v) is 3.88. The van der Waals surface area contributed by atoms with Gasteiger partial charge in [0.15, 0.2) is 5.78 Å². The Morgan fingerprint density at radius 1 is 1.04 bits per heavy atom. The molecular weight excluding hydrogens is 284 g/mol. The number of carbonyl (C=O) groups is 1. The SMILES string of the molecule is COc1ccc(/C=C/C(=O)c2ccc(C(C)(C)C)cc2)cc1C. The highest BCUT2D eigenvalue weighted by Crippen LogP contribution is 2.23. The van der Waals surface area contributed by atoms with Crippen molar-refractivity contribution in [2.24, 2.45) is 0 Å². The topological polar surface area (TPSA) is 26.3 Å². The summed E-state index contributed by atoms with van der Waals surface area (Å²) < 4.78 is 5.24. The third-order valence-electron chi connectivity index (χ3n) is 3.88. The smallest absolute Gasteiger partial charge is 0.185 e. The lowest BCUT2D eigenvalue weighted by Crippen LogP contribution is -2.11. The first-order valence-electron chi connectivity index (χ1n) is 7.79. The first kappa shape index (κ1) is 17.0. The van der Waals surface area contributed by atoms with Gasteiger partial charge in [-0.05, 0) is 47.2 Å². The number of rotatable bonds is 4. The summed E-state index contributed by atoms with van der Waals surface area (Å²) >= 11 is 0. The number of carbonyl (C=O) groups excluding carboxylic acids is 1. The number of benzene rings is 2. The number of allylic oxidation sites excluding steroid dienone is 1. The molecule has 0 N–H and O–H groups in total. The minimum absolute atomic E-state index is 0.0129. The van der Waals surface area contributed by atoms with E-state index in [1.54, 1.807) is 13.2 Å². The zero-order valence-corrected chi connectivity index (χ0v) is 14.5. The molecule has 0 aliphatic rings. The first-order chi connectivity index (χ1) is 10.8. The average Bonchev–Trinajstić information content (AvgIpc) is 2.52. The Kier molecular flexibility index (Phi) is 5.05. The molecule has 2 nitrogen and oxygen atoms in total. The fourth-order valence-corrected chi connectivity index (χ4v) is 2.41. The van der Waals surface area contributed by atoms with Crippen LogP contribution < -0.4 is 4.74 Å². The molecule has 2 aromatic rings. The van der Waals surface area contributed by atoms with Crippen molar-refractivity contribution in [1.29, 1.82) is 0 Å². The predicted molar refractivity (Wildman–Crippen MR) is 96.2 cm³/mol. The molecule has 0 saturated carbocycles. The molecule has 0 radical (unpaired) electrons. The summed E-state index contributed by atoms with van der Waals surface area (Å²) in [7, 11) is 1.66. The van der Waals surface area contributed by atoms with Gasteiger partial charge < -0.3 is 4.74 Å². The molecule has 0 unspecified atom stereocenters. The fraction of sp³-hybridized carbons (Fsp3) is 0.286. The van der Waals surface area contributed by atoms with Crippen molar-refractivity contribution < 1.29 is 9.53 Å². The molecule has 0 amide bonds. The van der Waals surface area contributed by atoms with E-state index < -0.39 is 0 Å². The van der Waals surface area contributed by atoms with Crippen LogP contribution in [0.3, 0.4) is 0 Å². The van der Waals surface area contributed by atoms with Gasteiger partial charge in [0.1, 0.15) is 5.75 Å². The molecule has 23 heavy (non-hydrogen) atoms. The number of ether oxygens (including phenoxy) is 1. The molecule has 2 heteroatoms. The van der Waals surface area contributed by atoms with E-state index in [4.69, 9.17) is 4.74 Å². The molecule has 0 spiro atoms. The Morgan fingerprint density at radius 3 is 2.22 bits per heavy atom. The lowest BCUT2D eigenvalue weighted by Gasteiger charge is -2.18. The van der Waals surface area contributed by atoms with E-state index in [0.717, 1.165) is 16.9 Å². The molecule has 2 aromatic carbocycles. The molecule has 0 atom stereocenters. The molecular formula is C21H24O2. The van der Waals surface area contributed by atoms with Gasteiger partial charge in [0, 0.05) is 5.56 Å². The maximum atomic E-state index is 12.3. The molecule has 0 aromatic heterocycles. The van der Waals surface area contributed by atoms with Crippen LogP contribution in [0, 0.1) is 6.92 Å². The number of hydrogen-bond acceptors (Lipinski definition) is 2. The minimum atomic E-state index is 0.0129. The van der Waals surface area contributed by atoms with Crippen LogP contribution in [-0.2, 0) is 5.41 Å². The summed E-state index contributed by atoms with van der Waals surface area (Å²) in [5.41, 5.74) is 4.07. The van der Waals surface area contributed by atoms with E-state index >= 15 is 0 Å². The molecule has 0 aliphatic carbocycles. The van der Waals surface area contributed by atoms with Crippen LogP contribution in [0.15, 0.2) is 48.5 Å². The Labute approximate surface area is 138 Å². The summed E-state index contributed by atoms with van der Waals surface area (Å²) in [6, 6.07) is 13.7. The summed E-state index contributed by atoms with van der Waals surface area (Å²) in [4.78, 5) is 12.3. The van der Waals surface area contributed by atoms with E-state index in [2.05, 4.69) is 20.8 Å². The highest BCUT2D eigenvalue weighted by molar-refractivity contribution is 6.06. The van der Waals surface area contributed by atoms with Crippen LogP contribution in [0.4, 0.5) is 0 Å². The highest BCUT2D eigenvalue weighted by atomic mass is 16.5. The van der Waals surface area contributed by atoms with Crippen molar-refractivity contribution in [1.82, 2.24) is 0 Å². The number of hydrogen-bond donors (Lipinski definition) is 0. The van der Waals surface area contributed by atoms with Crippen molar-refractivity contribution in [3.8, 4) is 5.75 Å². The van der Waals surface area contributed by atoms with Gasteiger partial charge in [0.05, 0.1) is 7.11 Å². The van der Waals surface area contributed by atoms with E-state index in [-0.39, 0.29) is 11.2 Å². The zero-order chi connectivity index (χ0) is 17.0. The molecule has 0 bridgehead atoms. The monoisotopic (exact) mass is 308 g/mol. The standard InChI is InChI=1S/C21H24O2/c1-15-14-16(7-13-20(15)23-5)6-12-19(22)17-8-10-18(11-9-17)21(2,3)4/h6-14H,1-5H3/b12-6+. The van der Waals surface area contributed by atoms with Gasteiger partial charge in [-0.15, -0.1) is 0 Å². The van der Waals surface area contributed by atoms with Crippen LogP contribution in [0.25, 0.3) is 6.08 Å². The lowest BCUT2D eigenvalue weighted by atomic mass is 9.86. The van der Waals surface area contributed by atoms with E-state index in [9.17, 15) is 4.79 Å². The van der Waals surface area contributed by atoms with Crippen molar-refractivity contribution in [3.05, 3.63) is 70.8 Å². The molecule has 0 heterocycles. The Balaban J connectivity index is 2.13. The second-order valence-corrected chi connectivity index (χ2v) is 6.75. The molecule has 0 aliphatic heterocycles. The van der Waals surface area contributed by atoms with E-state index in [1.807, 2.05) is 55.5 Å².